The average molecular weight is 360 g/mol. The molecule has 6 heteroatoms. The van der Waals surface area contributed by atoms with Crippen molar-refractivity contribution >= 4 is 33.9 Å². The number of aromatic nitrogens is 2. The lowest BCUT2D eigenvalue weighted by Crippen LogP contribution is -2.05. The van der Waals surface area contributed by atoms with Gasteiger partial charge in [0.25, 0.3) is 0 Å². The van der Waals surface area contributed by atoms with Crippen LogP contribution >= 0.6 is 11.3 Å². The maximum Gasteiger partial charge on any atom is 0.221 e. The third-order valence-corrected chi connectivity index (χ3v) is 4.59. The highest BCUT2D eigenvalue weighted by molar-refractivity contribution is 7.17. The molecule has 0 aliphatic heterocycles. The first-order chi connectivity index (χ1) is 12.6. The van der Waals surface area contributed by atoms with Gasteiger partial charge in [0.05, 0.1) is 5.57 Å². The summed E-state index contributed by atoms with van der Waals surface area (Å²) in [6.45, 7) is 3.46. The number of nitrogens with zero attached hydrogens (tertiary/aromatic N) is 3. The van der Waals surface area contributed by atoms with Crippen LogP contribution in [0.3, 0.4) is 0 Å². The SMILES string of the molecule is CC(=O)Nc1sc(/C(C#N)=C/c2cccnc2)nc1-c1ccc(C)cc1. The van der Waals surface area contributed by atoms with E-state index in [1.807, 2.05) is 43.3 Å². The summed E-state index contributed by atoms with van der Waals surface area (Å²) in [4.78, 5) is 20.2. The van der Waals surface area contributed by atoms with E-state index in [-0.39, 0.29) is 5.91 Å². The van der Waals surface area contributed by atoms with Crippen LogP contribution in [0.25, 0.3) is 22.9 Å². The first-order valence-electron chi connectivity index (χ1n) is 7.94. The van der Waals surface area contributed by atoms with Crippen molar-refractivity contribution in [1.29, 1.82) is 5.26 Å². The second-order valence-corrected chi connectivity index (χ2v) is 6.70. The molecule has 3 aromatic rings. The zero-order valence-corrected chi connectivity index (χ0v) is 15.2. The molecule has 1 amide bonds. The van der Waals surface area contributed by atoms with Gasteiger partial charge in [-0.25, -0.2) is 4.98 Å². The van der Waals surface area contributed by atoms with Crippen molar-refractivity contribution in [3.63, 3.8) is 0 Å². The zero-order chi connectivity index (χ0) is 18.5. The maximum atomic E-state index is 11.6. The van der Waals surface area contributed by atoms with E-state index >= 15 is 0 Å². The van der Waals surface area contributed by atoms with E-state index in [4.69, 9.17) is 0 Å². The molecule has 0 aliphatic rings. The smallest absolute Gasteiger partial charge is 0.221 e. The molecule has 0 unspecified atom stereocenters. The molecule has 0 saturated heterocycles. The first-order valence-corrected chi connectivity index (χ1v) is 8.76. The molecular weight excluding hydrogens is 344 g/mol. The van der Waals surface area contributed by atoms with Crippen molar-refractivity contribution in [2.75, 3.05) is 5.32 Å². The number of amides is 1. The second kappa shape index (κ2) is 7.72. The Balaban J connectivity index is 2.08. The molecule has 3 rings (SSSR count). The number of aryl methyl sites for hydroxylation is 1. The first kappa shape index (κ1) is 17.5. The Morgan fingerprint density at radius 3 is 2.65 bits per heavy atom. The molecule has 2 heterocycles. The van der Waals surface area contributed by atoms with Crippen molar-refractivity contribution in [3.05, 3.63) is 64.9 Å². The van der Waals surface area contributed by atoms with E-state index in [0.29, 0.717) is 21.3 Å². The van der Waals surface area contributed by atoms with Gasteiger partial charge in [-0.15, -0.1) is 0 Å². The van der Waals surface area contributed by atoms with Gasteiger partial charge in [0.2, 0.25) is 5.91 Å². The normalized spacial score (nSPS) is 11.0. The van der Waals surface area contributed by atoms with Gasteiger partial charge in [-0.3, -0.25) is 9.78 Å². The molecule has 26 heavy (non-hydrogen) atoms. The predicted octanol–water partition coefficient (Wildman–Crippen LogP) is 4.54. The fourth-order valence-corrected chi connectivity index (χ4v) is 3.36. The van der Waals surface area contributed by atoms with Crippen molar-refractivity contribution in [2.45, 2.75) is 13.8 Å². The quantitative estimate of drug-likeness (QED) is 0.693. The summed E-state index contributed by atoms with van der Waals surface area (Å²) in [6, 6.07) is 13.8. The van der Waals surface area contributed by atoms with Gasteiger partial charge in [0.1, 0.15) is 21.8 Å². The molecular formula is C20H16N4OS. The van der Waals surface area contributed by atoms with Gasteiger partial charge < -0.3 is 5.32 Å². The second-order valence-electron chi connectivity index (χ2n) is 5.70. The van der Waals surface area contributed by atoms with Gasteiger partial charge >= 0.3 is 0 Å². The van der Waals surface area contributed by atoms with Crippen LogP contribution in [0.2, 0.25) is 0 Å². The third kappa shape index (κ3) is 4.02. The molecule has 0 fully saturated rings. The zero-order valence-electron chi connectivity index (χ0n) is 14.4. The summed E-state index contributed by atoms with van der Waals surface area (Å²) in [6.07, 6.45) is 5.10. The minimum atomic E-state index is -0.177. The molecule has 0 atom stereocenters. The van der Waals surface area contributed by atoms with Crippen LogP contribution < -0.4 is 5.32 Å². The van der Waals surface area contributed by atoms with E-state index in [2.05, 4.69) is 21.4 Å². The molecule has 0 bridgehead atoms. The van der Waals surface area contributed by atoms with E-state index in [1.165, 1.54) is 18.3 Å². The number of pyridine rings is 1. The Hall–Kier alpha value is -3.30. The summed E-state index contributed by atoms with van der Waals surface area (Å²) in [5.74, 6) is -0.177. The van der Waals surface area contributed by atoms with Crippen molar-refractivity contribution in [1.82, 2.24) is 9.97 Å². The number of nitriles is 1. The highest BCUT2D eigenvalue weighted by Gasteiger charge is 2.17. The monoisotopic (exact) mass is 360 g/mol. The average Bonchev–Trinajstić information content (AvgIpc) is 3.04. The molecule has 128 valence electrons. The number of hydrogen-bond acceptors (Lipinski definition) is 5. The Morgan fingerprint density at radius 2 is 2.04 bits per heavy atom. The number of nitrogens with one attached hydrogen (secondary N) is 1. The van der Waals surface area contributed by atoms with Crippen LogP contribution in [0, 0.1) is 18.3 Å². The van der Waals surface area contributed by atoms with Crippen LogP contribution in [-0.4, -0.2) is 15.9 Å². The number of allylic oxidation sites excluding steroid dienone is 1. The molecule has 0 aliphatic carbocycles. The topological polar surface area (TPSA) is 78.7 Å². The molecule has 1 aromatic carbocycles. The van der Waals surface area contributed by atoms with Crippen LogP contribution in [0.5, 0.6) is 0 Å². The predicted molar refractivity (Wildman–Crippen MR) is 104 cm³/mol. The van der Waals surface area contributed by atoms with Crippen LogP contribution in [-0.2, 0) is 4.79 Å². The summed E-state index contributed by atoms with van der Waals surface area (Å²) < 4.78 is 0. The molecule has 2 aromatic heterocycles. The number of carbonyl (C=O) groups excluding carboxylic acids is 1. The number of thiazole rings is 1. The van der Waals surface area contributed by atoms with Crippen LogP contribution in [0.4, 0.5) is 5.00 Å². The van der Waals surface area contributed by atoms with Gasteiger partial charge in [0, 0.05) is 24.9 Å². The van der Waals surface area contributed by atoms with E-state index in [1.54, 1.807) is 18.5 Å². The number of hydrogen-bond donors (Lipinski definition) is 1. The summed E-state index contributed by atoms with van der Waals surface area (Å²) >= 11 is 1.28. The van der Waals surface area contributed by atoms with Crippen molar-refractivity contribution in [2.24, 2.45) is 0 Å². The lowest BCUT2D eigenvalue weighted by Gasteiger charge is -2.03. The Labute approximate surface area is 155 Å². The highest BCUT2D eigenvalue weighted by atomic mass is 32.1. The summed E-state index contributed by atoms with van der Waals surface area (Å²) in [5, 5.41) is 13.6. The van der Waals surface area contributed by atoms with Gasteiger partial charge in [0.15, 0.2) is 0 Å². The van der Waals surface area contributed by atoms with Gasteiger partial charge in [-0.1, -0.05) is 47.2 Å². The highest BCUT2D eigenvalue weighted by Crippen LogP contribution is 2.36. The summed E-state index contributed by atoms with van der Waals surface area (Å²) in [5.41, 5.74) is 3.93. The van der Waals surface area contributed by atoms with Gasteiger partial charge in [-0.2, -0.15) is 5.26 Å². The largest absolute Gasteiger partial charge is 0.316 e. The van der Waals surface area contributed by atoms with E-state index in [9.17, 15) is 10.1 Å². The van der Waals surface area contributed by atoms with Gasteiger partial charge in [-0.05, 0) is 24.6 Å². The minimum Gasteiger partial charge on any atom is -0.316 e. The Morgan fingerprint density at radius 1 is 1.27 bits per heavy atom. The lowest BCUT2D eigenvalue weighted by molar-refractivity contribution is -0.114. The Bertz CT molecular complexity index is 999. The molecule has 0 radical (unpaired) electrons. The fraction of sp³-hybridized carbons (Fsp3) is 0.100. The molecule has 0 spiro atoms. The molecule has 0 saturated carbocycles. The van der Waals surface area contributed by atoms with Crippen LogP contribution in [0.1, 0.15) is 23.1 Å². The van der Waals surface area contributed by atoms with Crippen molar-refractivity contribution in [3.8, 4) is 17.3 Å². The van der Waals surface area contributed by atoms with Crippen LogP contribution in [0.15, 0.2) is 48.8 Å². The lowest BCUT2D eigenvalue weighted by atomic mass is 10.1. The number of benzene rings is 1. The fourth-order valence-electron chi connectivity index (χ4n) is 2.36. The van der Waals surface area contributed by atoms with E-state index < -0.39 is 0 Å². The number of anilines is 1. The molecule has 1 N–H and O–H groups in total. The maximum absolute atomic E-state index is 11.6. The van der Waals surface area contributed by atoms with E-state index in [0.717, 1.165) is 16.7 Å². The standard InChI is InChI=1S/C20H16N4OS/c1-13-5-7-16(8-6-13)18-20(23-14(2)25)26-19(24-18)17(11-21)10-15-4-3-9-22-12-15/h3-10,12H,1-2H3,(H,23,25)/b17-10+. The number of rotatable bonds is 4. The van der Waals surface area contributed by atoms with Crippen molar-refractivity contribution < 1.29 is 4.79 Å². The Kier molecular flexibility index (Phi) is 5.20. The molecule has 5 nitrogen and oxygen atoms in total. The summed E-state index contributed by atoms with van der Waals surface area (Å²) in [7, 11) is 0. The number of carbonyl (C=O) groups is 1. The third-order valence-electron chi connectivity index (χ3n) is 3.59. The minimum absolute atomic E-state index is 0.177.